The van der Waals surface area contributed by atoms with Crippen LogP contribution in [-0.4, -0.2) is 28.5 Å². The Hall–Kier alpha value is -3.09. The monoisotopic (exact) mass is 451 g/mol. The molecule has 1 heterocycles. The molecular weight excluding hydrogens is 426 g/mol. The summed E-state index contributed by atoms with van der Waals surface area (Å²) in [7, 11) is 0. The average molecular weight is 452 g/mol. The van der Waals surface area contributed by atoms with Gasteiger partial charge in [-0.2, -0.15) is 0 Å². The number of rotatable bonds is 5. The number of nitrogens with two attached hydrogens (primary N) is 1. The Kier molecular flexibility index (Phi) is 5.61. The highest BCUT2D eigenvalue weighted by atomic mass is 35.5. The predicted octanol–water partition coefficient (Wildman–Crippen LogP) is 4.51. The number of aliphatic hydroxyl groups is 1. The van der Waals surface area contributed by atoms with Gasteiger partial charge in [0.25, 0.3) is 5.91 Å². The summed E-state index contributed by atoms with van der Waals surface area (Å²) in [5.74, 6) is -0.858. The number of aryl methyl sites for hydroxylation is 1. The molecule has 7 heteroatoms. The summed E-state index contributed by atoms with van der Waals surface area (Å²) in [5, 5.41) is 14.0. The van der Waals surface area contributed by atoms with E-state index in [9.17, 15) is 14.7 Å². The Balaban J connectivity index is 2.02. The van der Waals surface area contributed by atoms with E-state index in [1.165, 1.54) is 6.08 Å². The van der Waals surface area contributed by atoms with Crippen molar-refractivity contribution in [2.45, 2.75) is 33.1 Å². The van der Waals surface area contributed by atoms with Gasteiger partial charge < -0.3 is 21.1 Å². The minimum Gasteiger partial charge on any atom is -0.396 e. The molecule has 5 N–H and O–H groups in total. The number of carbonyl (C=O) groups excluding carboxylic acids is 2. The van der Waals surface area contributed by atoms with Gasteiger partial charge in [-0.25, -0.2) is 0 Å². The first-order chi connectivity index (χ1) is 15.2. The summed E-state index contributed by atoms with van der Waals surface area (Å²) in [6.07, 6.45) is 3.44. The van der Waals surface area contributed by atoms with Crippen LogP contribution >= 0.6 is 11.6 Å². The number of anilines is 1. The molecule has 2 amide bonds. The fourth-order valence-electron chi connectivity index (χ4n) is 4.65. The van der Waals surface area contributed by atoms with Crippen molar-refractivity contribution >= 4 is 40.0 Å². The number of halogens is 1. The molecule has 0 aliphatic heterocycles. The van der Waals surface area contributed by atoms with E-state index < -0.39 is 5.91 Å². The smallest absolute Gasteiger partial charge is 0.250 e. The highest BCUT2D eigenvalue weighted by molar-refractivity contribution is 6.36. The Morgan fingerprint density at radius 1 is 1.41 bits per heavy atom. The molecule has 2 aromatic carbocycles. The molecule has 0 spiro atoms. The van der Waals surface area contributed by atoms with Crippen LogP contribution in [0.2, 0.25) is 5.02 Å². The molecule has 6 nitrogen and oxygen atoms in total. The molecule has 166 valence electrons. The Morgan fingerprint density at radius 2 is 2.16 bits per heavy atom. The average Bonchev–Trinajstić information content (AvgIpc) is 3.12. The van der Waals surface area contributed by atoms with Crippen molar-refractivity contribution in [3.05, 3.63) is 64.3 Å². The standard InChI is InChI=1S/C25H26ClN3O3/c1-4-20(31)28-18-7-5-6-14(13(18)2)21-17(26)10-16(24(27)32)23-22(21)15-8-9-25(3,12-30)11-19(15)29-23/h4-7,10,29-30H,1,8-9,11-12H2,2-3H3,(H2,27,32)(H,28,31)/t25-/m0/s1. The van der Waals surface area contributed by atoms with Crippen LogP contribution in [0.5, 0.6) is 0 Å². The molecule has 1 aliphatic carbocycles. The third-order valence-electron chi connectivity index (χ3n) is 6.50. The molecule has 0 bridgehead atoms. The summed E-state index contributed by atoms with van der Waals surface area (Å²) in [4.78, 5) is 27.5. The Morgan fingerprint density at radius 3 is 2.81 bits per heavy atom. The van der Waals surface area contributed by atoms with E-state index in [0.29, 0.717) is 28.2 Å². The number of hydrogen-bond acceptors (Lipinski definition) is 3. The van der Waals surface area contributed by atoms with Crippen molar-refractivity contribution in [1.29, 1.82) is 0 Å². The molecule has 0 unspecified atom stereocenters. The lowest BCUT2D eigenvalue weighted by Crippen LogP contribution is -2.29. The third-order valence-corrected chi connectivity index (χ3v) is 6.79. The van der Waals surface area contributed by atoms with Gasteiger partial charge in [-0.15, -0.1) is 0 Å². The minimum atomic E-state index is -0.560. The molecule has 0 fully saturated rings. The summed E-state index contributed by atoms with van der Waals surface area (Å²) < 4.78 is 0. The maximum atomic E-state index is 12.2. The second kappa shape index (κ2) is 8.11. The van der Waals surface area contributed by atoms with Crippen molar-refractivity contribution in [3.63, 3.8) is 0 Å². The molecule has 1 atom stereocenters. The van der Waals surface area contributed by atoms with Crippen LogP contribution in [0.25, 0.3) is 22.0 Å². The van der Waals surface area contributed by atoms with Crippen LogP contribution in [-0.2, 0) is 17.6 Å². The van der Waals surface area contributed by atoms with Crippen LogP contribution in [0.1, 0.15) is 40.5 Å². The number of nitrogens with one attached hydrogen (secondary N) is 2. The minimum absolute atomic E-state index is 0.0856. The number of hydrogen-bond donors (Lipinski definition) is 4. The summed E-state index contributed by atoms with van der Waals surface area (Å²) >= 11 is 6.76. The van der Waals surface area contributed by atoms with Crippen LogP contribution in [0.4, 0.5) is 5.69 Å². The van der Waals surface area contributed by atoms with E-state index in [1.54, 1.807) is 6.07 Å². The SMILES string of the molecule is C=CC(=O)Nc1cccc(-c2c(Cl)cc(C(N)=O)c3[nH]c4c(c23)CC[C@](C)(CO)C4)c1C. The highest BCUT2D eigenvalue weighted by Gasteiger charge is 2.33. The maximum Gasteiger partial charge on any atom is 0.250 e. The zero-order valence-corrected chi connectivity index (χ0v) is 18.9. The summed E-state index contributed by atoms with van der Waals surface area (Å²) in [6, 6.07) is 7.22. The van der Waals surface area contributed by atoms with Crippen molar-refractivity contribution in [1.82, 2.24) is 4.98 Å². The molecule has 1 aliphatic rings. The van der Waals surface area contributed by atoms with E-state index in [1.807, 2.05) is 25.1 Å². The molecule has 32 heavy (non-hydrogen) atoms. The van der Waals surface area contributed by atoms with Gasteiger partial charge in [0.15, 0.2) is 0 Å². The van der Waals surface area contributed by atoms with Crippen LogP contribution in [0.3, 0.4) is 0 Å². The number of amides is 2. The quantitative estimate of drug-likeness (QED) is 0.428. The number of aromatic nitrogens is 1. The van der Waals surface area contributed by atoms with Crippen LogP contribution in [0.15, 0.2) is 36.9 Å². The highest BCUT2D eigenvalue weighted by Crippen LogP contribution is 2.46. The van der Waals surface area contributed by atoms with Crippen LogP contribution < -0.4 is 11.1 Å². The fourth-order valence-corrected chi connectivity index (χ4v) is 4.95. The van der Waals surface area contributed by atoms with Crippen molar-refractivity contribution in [2.75, 3.05) is 11.9 Å². The first-order valence-electron chi connectivity index (χ1n) is 10.5. The van der Waals surface area contributed by atoms with Gasteiger partial charge in [-0.05, 0) is 66.5 Å². The van der Waals surface area contributed by atoms with E-state index >= 15 is 0 Å². The fraction of sp³-hybridized carbons (Fsp3) is 0.280. The van der Waals surface area contributed by atoms with Crippen molar-refractivity contribution < 1.29 is 14.7 Å². The molecular formula is C25H26ClN3O3. The van der Waals surface area contributed by atoms with Gasteiger partial charge >= 0.3 is 0 Å². The number of carbonyl (C=O) groups is 2. The number of aromatic amines is 1. The predicted molar refractivity (Wildman–Crippen MR) is 128 cm³/mol. The van der Waals surface area contributed by atoms with E-state index in [-0.39, 0.29) is 17.9 Å². The zero-order valence-electron chi connectivity index (χ0n) is 18.1. The first-order valence-corrected chi connectivity index (χ1v) is 10.9. The lowest BCUT2D eigenvalue weighted by atomic mass is 9.75. The van der Waals surface area contributed by atoms with Crippen LogP contribution in [0, 0.1) is 12.3 Å². The molecule has 3 aromatic rings. The maximum absolute atomic E-state index is 12.2. The summed E-state index contributed by atoms with van der Waals surface area (Å²) in [5.41, 5.74) is 11.7. The van der Waals surface area contributed by atoms with Gasteiger partial charge in [0.2, 0.25) is 5.91 Å². The Bertz CT molecular complexity index is 1280. The molecule has 4 rings (SSSR count). The lowest BCUT2D eigenvalue weighted by molar-refractivity contribution is -0.111. The van der Waals surface area contributed by atoms with Gasteiger partial charge in [-0.3, -0.25) is 9.59 Å². The number of primary amides is 1. The van der Waals surface area contributed by atoms with Gasteiger partial charge in [0, 0.05) is 34.0 Å². The zero-order chi connectivity index (χ0) is 23.2. The number of benzene rings is 2. The lowest BCUT2D eigenvalue weighted by Gasteiger charge is -2.31. The molecule has 0 radical (unpaired) electrons. The van der Waals surface area contributed by atoms with Gasteiger partial charge in [-0.1, -0.05) is 37.2 Å². The number of aliphatic hydroxyl groups excluding tert-OH is 1. The summed E-state index contributed by atoms with van der Waals surface area (Å²) in [6.45, 7) is 7.57. The molecule has 0 saturated carbocycles. The largest absolute Gasteiger partial charge is 0.396 e. The van der Waals surface area contributed by atoms with Crippen molar-refractivity contribution in [2.24, 2.45) is 11.1 Å². The normalized spacial score (nSPS) is 17.8. The first kappa shape index (κ1) is 22.1. The van der Waals surface area contributed by atoms with Gasteiger partial charge in [0.1, 0.15) is 0 Å². The van der Waals surface area contributed by atoms with E-state index in [2.05, 4.69) is 23.8 Å². The number of H-pyrrole nitrogens is 1. The topological polar surface area (TPSA) is 108 Å². The van der Waals surface area contributed by atoms with E-state index in [0.717, 1.165) is 46.2 Å². The second-order valence-corrected chi connectivity index (χ2v) is 9.20. The van der Waals surface area contributed by atoms with Crippen molar-refractivity contribution in [3.8, 4) is 11.1 Å². The molecule has 0 saturated heterocycles. The molecule has 1 aromatic heterocycles. The third kappa shape index (κ3) is 3.59. The van der Waals surface area contributed by atoms with Gasteiger partial charge in [0.05, 0.1) is 11.1 Å². The number of fused-ring (bicyclic) bond motifs is 3. The Labute approximate surface area is 191 Å². The second-order valence-electron chi connectivity index (χ2n) is 8.79. The van der Waals surface area contributed by atoms with E-state index in [4.69, 9.17) is 17.3 Å².